The zero-order valence-corrected chi connectivity index (χ0v) is 28.0. The molecule has 1 fully saturated rings. The molecule has 4 heterocycles. The van der Waals surface area contributed by atoms with Crippen molar-refractivity contribution in [3.05, 3.63) is 64.6 Å². The summed E-state index contributed by atoms with van der Waals surface area (Å²) in [6.07, 6.45) is -8.71. The summed E-state index contributed by atoms with van der Waals surface area (Å²) < 4.78 is 93.1. The van der Waals surface area contributed by atoms with Gasteiger partial charge in [-0.05, 0) is 49.6 Å². The second-order valence-electron chi connectivity index (χ2n) is 12.1. The van der Waals surface area contributed by atoms with Crippen LogP contribution in [0.2, 0.25) is 0 Å². The number of anilines is 3. The number of carboxylic acids is 1. The highest BCUT2D eigenvalue weighted by Crippen LogP contribution is 2.41. The first kappa shape index (κ1) is 37.4. The number of alkyl halides is 6. The van der Waals surface area contributed by atoms with E-state index in [4.69, 9.17) is 9.47 Å². The van der Waals surface area contributed by atoms with Gasteiger partial charge in [-0.15, -0.1) is 0 Å². The van der Waals surface area contributed by atoms with Gasteiger partial charge in [0.15, 0.2) is 0 Å². The van der Waals surface area contributed by atoms with Gasteiger partial charge < -0.3 is 24.8 Å². The molecule has 0 bridgehead atoms. The largest absolute Gasteiger partial charge is 0.481 e. The molecule has 3 aromatic rings. The Kier molecular flexibility index (Phi) is 11.1. The maximum Gasteiger partial charge on any atom is 0.416 e. The van der Waals surface area contributed by atoms with Gasteiger partial charge in [0, 0.05) is 44.7 Å². The van der Waals surface area contributed by atoms with Crippen LogP contribution < -0.4 is 19.9 Å². The number of nitrogens with zero attached hydrogens (tertiary/aromatic N) is 6. The molecule has 0 saturated carbocycles. The summed E-state index contributed by atoms with van der Waals surface area (Å²) in [5.41, 5.74) is -1.74. The van der Waals surface area contributed by atoms with Gasteiger partial charge in [0.05, 0.1) is 66.4 Å². The van der Waals surface area contributed by atoms with E-state index in [1.807, 2.05) is 11.8 Å². The Morgan fingerprint density at radius 2 is 1.63 bits per heavy atom. The number of hydrogen-bond donors (Lipinski definition) is 2. The molecule has 2 aliphatic rings. The van der Waals surface area contributed by atoms with Gasteiger partial charge in [0.25, 0.3) is 0 Å². The van der Waals surface area contributed by atoms with Crippen molar-refractivity contribution in [3.63, 3.8) is 0 Å². The minimum absolute atomic E-state index is 0.0290. The van der Waals surface area contributed by atoms with Gasteiger partial charge >= 0.3 is 24.4 Å². The third kappa shape index (κ3) is 8.72. The average molecular weight is 726 g/mol. The number of aliphatic carboxylic acids is 1. The molecule has 51 heavy (non-hydrogen) atoms. The number of benzene rings is 1. The van der Waals surface area contributed by atoms with Gasteiger partial charge in [0.2, 0.25) is 11.8 Å². The molecule has 276 valence electrons. The number of piperazine rings is 1. The number of aromatic nitrogens is 3. The minimum atomic E-state index is -5.03. The van der Waals surface area contributed by atoms with Crippen LogP contribution in [0.15, 0.2) is 36.5 Å². The number of rotatable bonds is 10. The Morgan fingerprint density at radius 1 is 0.961 bits per heavy atom. The molecule has 1 aromatic carbocycles. The number of nitrogens with one attached hydrogen (secondary N) is 1. The molecule has 0 spiro atoms. The fraction of sp³-hybridized carbons (Fsp3) is 0.485. The maximum absolute atomic E-state index is 13.7. The lowest BCUT2D eigenvalue weighted by Crippen LogP contribution is -2.48. The SMILES string of the molecule is CCOC(=O)N1c2ccc(OC)nc2[C@@H](Nc2ncc(N3CCN(CC(=O)O)CC3)c(Cc3cc(C(F)(F)F)cc(C(F)(F)F)c3)n2)C[C@H]1CC. The molecule has 18 heteroatoms. The van der Waals surface area contributed by atoms with Gasteiger partial charge in [-0.3, -0.25) is 14.6 Å². The Balaban J connectivity index is 1.55. The third-order valence-electron chi connectivity index (χ3n) is 8.72. The fourth-order valence-electron chi connectivity index (χ4n) is 6.31. The van der Waals surface area contributed by atoms with Crippen LogP contribution in [-0.2, 0) is 28.3 Å². The summed E-state index contributed by atoms with van der Waals surface area (Å²) in [7, 11) is 1.44. The maximum atomic E-state index is 13.7. The van der Waals surface area contributed by atoms with Crippen LogP contribution in [0.4, 0.5) is 48.5 Å². The van der Waals surface area contributed by atoms with E-state index >= 15 is 0 Å². The zero-order chi connectivity index (χ0) is 37.1. The molecule has 0 radical (unpaired) electrons. The van der Waals surface area contributed by atoms with E-state index in [9.17, 15) is 41.0 Å². The van der Waals surface area contributed by atoms with E-state index in [-0.39, 0.29) is 48.3 Å². The van der Waals surface area contributed by atoms with Gasteiger partial charge in [-0.25, -0.2) is 19.7 Å². The van der Waals surface area contributed by atoms with Crippen molar-refractivity contribution >= 4 is 29.4 Å². The van der Waals surface area contributed by atoms with Crippen molar-refractivity contribution in [1.29, 1.82) is 0 Å². The average Bonchev–Trinajstić information content (AvgIpc) is 3.07. The lowest BCUT2D eigenvalue weighted by atomic mass is 9.93. The number of fused-ring (bicyclic) bond motifs is 1. The smallest absolute Gasteiger partial charge is 0.416 e. The first-order chi connectivity index (χ1) is 24.1. The highest BCUT2D eigenvalue weighted by atomic mass is 19.4. The first-order valence-corrected chi connectivity index (χ1v) is 16.2. The van der Waals surface area contributed by atoms with E-state index in [0.29, 0.717) is 68.2 Å². The normalized spacial score (nSPS) is 18.3. The van der Waals surface area contributed by atoms with Crippen molar-refractivity contribution in [2.24, 2.45) is 0 Å². The number of pyridine rings is 1. The molecule has 1 saturated heterocycles. The fourth-order valence-corrected chi connectivity index (χ4v) is 6.31. The monoisotopic (exact) mass is 725 g/mol. The second-order valence-corrected chi connectivity index (χ2v) is 12.1. The summed E-state index contributed by atoms with van der Waals surface area (Å²) in [6.45, 7) is 4.88. The quantitative estimate of drug-likeness (QED) is 0.238. The van der Waals surface area contributed by atoms with E-state index in [2.05, 4.69) is 20.3 Å². The van der Waals surface area contributed by atoms with Crippen molar-refractivity contribution < 1.29 is 50.5 Å². The van der Waals surface area contributed by atoms with Crippen LogP contribution in [0.25, 0.3) is 0 Å². The van der Waals surface area contributed by atoms with Crippen LogP contribution in [0.3, 0.4) is 0 Å². The highest BCUT2D eigenvalue weighted by molar-refractivity contribution is 5.90. The van der Waals surface area contributed by atoms with Crippen LogP contribution >= 0.6 is 0 Å². The van der Waals surface area contributed by atoms with Crippen molar-refractivity contribution in [3.8, 4) is 5.88 Å². The minimum Gasteiger partial charge on any atom is -0.481 e. The van der Waals surface area contributed by atoms with Crippen LogP contribution in [0.5, 0.6) is 5.88 Å². The number of carbonyl (C=O) groups is 2. The topological polar surface area (TPSA) is 133 Å². The summed E-state index contributed by atoms with van der Waals surface area (Å²) >= 11 is 0. The van der Waals surface area contributed by atoms with E-state index < -0.39 is 48.0 Å². The second kappa shape index (κ2) is 15.2. The van der Waals surface area contributed by atoms with Crippen molar-refractivity contribution in [2.75, 3.05) is 61.6 Å². The molecule has 1 amide bonds. The van der Waals surface area contributed by atoms with E-state index in [0.717, 1.165) is 0 Å². The lowest BCUT2D eigenvalue weighted by Gasteiger charge is -2.39. The van der Waals surface area contributed by atoms with E-state index in [1.165, 1.54) is 18.2 Å². The number of carboxylic acid groups (broad SMARTS) is 1. The lowest BCUT2D eigenvalue weighted by molar-refractivity contribution is -0.143. The summed E-state index contributed by atoms with van der Waals surface area (Å²) in [5, 5.41) is 12.4. The summed E-state index contributed by atoms with van der Waals surface area (Å²) in [5.74, 6) is -0.704. The molecule has 2 atom stereocenters. The third-order valence-corrected chi connectivity index (χ3v) is 8.72. The first-order valence-electron chi connectivity index (χ1n) is 16.2. The number of halogens is 6. The molecule has 12 nitrogen and oxygen atoms in total. The standard InChI is InChI=1S/C33H37F6N7O5/c1-4-22-16-24(29-25(6-7-27(43-29)50-3)46(22)31(49)51-5-2)42-30-40-17-26(45-10-8-44(9-11-45)18-28(47)48)23(41-30)14-19-12-20(32(34,35)36)15-21(13-19)33(37,38)39/h6-7,12-13,15,17,22,24H,4-5,8-11,14,16,18H2,1-3H3,(H,47,48)(H,40,41,42)/t22-,24+/m1/s1. The highest BCUT2D eigenvalue weighted by Gasteiger charge is 2.39. The van der Waals surface area contributed by atoms with Crippen molar-refractivity contribution in [1.82, 2.24) is 19.9 Å². The number of methoxy groups -OCH3 is 1. The molecule has 2 N–H and O–H groups in total. The number of ether oxygens (including phenoxy) is 2. The predicted octanol–water partition coefficient (Wildman–Crippen LogP) is 6.01. The Labute approximate surface area is 289 Å². The van der Waals surface area contributed by atoms with Gasteiger partial charge in [-0.1, -0.05) is 6.92 Å². The Bertz CT molecular complexity index is 1700. The summed E-state index contributed by atoms with van der Waals surface area (Å²) in [6, 6.07) is 3.77. The number of carbonyl (C=O) groups excluding carboxylic acids is 1. The van der Waals surface area contributed by atoms with Crippen molar-refractivity contribution in [2.45, 2.75) is 57.5 Å². The van der Waals surface area contributed by atoms with Crippen LogP contribution in [0, 0.1) is 0 Å². The van der Waals surface area contributed by atoms with E-state index in [1.54, 1.807) is 24.0 Å². The predicted molar refractivity (Wildman–Crippen MR) is 173 cm³/mol. The Hall–Kier alpha value is -4.87. The summed E-state index contributed by atoms with van der Waals surface area (Å²) in [4.78, 5) is 43.0. The van der Waals surface area contributed by atoms with Gasteiger partial charge in [0.1, 0.15) is 0 Å². The molecule has 2 aliphatic heterocycles. The van der Waals surface area contributed by atoms with Gasteiger partial charge in [-0.2, -0.15) is 26.3 Å². The molecule has 0 aliphatic carbocycles. The molecular formula is C33H37F6N7O5. The molecule has 0 unspecified atom stereocenters. The molecular weight excluding hydrogens is 688 g/mol. The Morgan fingerprint density at radius 3 is 2.20 bits per heavy atom. The zero-order valence-electron chi connectivity index (χ0n) is 28.0. The van der Waals surface area contributed by atoms with Crippen LogP contribution in [-0.4, -0.2) is 89.5 Å². The number of hydrogen-bond acceptors (Lipinski definition) is 10. The molecule has 2 aromatic heterocycles. The molecule has 5 rings (SSSR count). The number of amides is 1. The van der Waals surface area contributed by atoms with Crippen LogP contribution in [0.1, 0.15) is 60.8 Å².